The molecule has 2 N–H and O–H groups in total. The van der Waals surface area contributed by atoms with E-state index in [-0.39, 0.29) is 22.9 Å². The lowest BCUT2D eigenvalue weighted by Gasteiger charge is -2.21. The molecule has 0 aliphatic rings. The number of carbonyl (C=O) groups excluding carboxylic acids is 1. The maximum absolute atomic E-state index is 12.7. The lowest BCUT2D eigenvalue weighted by atomic mass is 10.1. The Balaban J connectivity index is 2.03. The fourth-order valence-corrected chi connectivity index (χ4v) is 3.85. The minimum absolute atomic E-state index is 0.0350. The zero-order chi connectivity index (χ0) is 22.4. The highest BCUT2D eigenvalue weighted by Gasteiger charge is 2.30. The maximum atomic E-state index is 12.7. The zero-order valence-corrected chi connectivity index (χ0v) is 17.1. The van der Waals surface area contributed by atoms with Gasteiger partial charge in [0.25, 0.3) is 0 Å². The molecule has 0 aliphatic carbocycles. The van der Waals surface area contributed by atoms with Crippen molar-refractivity contribution in [2.45, 2.75) is 31.0 Å². The molecule has 160 valence electrons. The van der Waals surface area contributed by atoms with Crippen LogP contribution in [0.2, 0.25) is 0 Å². The summed E-state index contributed by atoms with van der Waals surface area (Å²) in [5.74, 6) is 4.20. The Morgan fingerprint density at radius 1 is 1.07 bits per heavy atom. The normalized spacial score (nSPS) is 12.7. The third-order valence-electron chi connectivity index (χ3n) is 4.06. The minimum atomic E-state index is -4.47. The van der Waals surface area contributed by atoms with Gasteiger partial charge in [0.05, 0.1) is 17.0 Å². The number of hydrogen-bond donors (Lipinski definition) is 2. The molecule has 0 unspecified atom stereocenters. The molecule has 2 aromatic carbocycles. The summed E-state index contributed by atoms with van der Waals surface area (Å²) in [7, 11) is -3.90. The van der Waals surface area contributed by atoms with Gasteiger partial charge >= 0.3 is 6.18 Å². The quantitative estimate of drug-likeness (QED) is 0.681. The predicted molar refractivity (Wildman–Crippen MR) is 107 cm³/mol. The molecule has 0 fully saturated rings. The number of hydrogen-bond acceptors (Lipinski definition) is 3. The maximum Gasteiger partial charge on any atom is 0.416 e. The van der Waals surface area contributed by atoms with E-state index >= 15 is 0 Å². The topological polar surface area (TPSA) is 75.3 Å². The molecule has 2 aromatic rings. The highest BCUT2D eigenvalue weighted by molar-refractivity contribution is 7.89. The van der Waals surface area contributed by atoms with Crippen molar-refractivity contribution in [3.8, 4) is 11.8 Å². The van der Waals surface area contributed by atoms with Crippen LogP contribution in [0, 0.1) is 17.8 Å². The van der Waals surface area contributed by atoms with E-state index < -0.39 is 33.7 Å². The van der Waals surface area contributed by atoms with Gasteiger partial charge in [0.1, 0.15) is 6.04 Å². The fraction of sp³-hybridized carbons (Fsp3) is 0.286. The molecule has 0 spiro atoms. The molecule has 0 bridgehead atoms. The average Bonchev–Trinajstić information content (AvgIpc) is 2.69. The van der Waals surface area contributed by atoms with Crippen LogP contribution in [0.25, 0.3) is 0 Å². The predicted octanol–water partition coefficient (Wildman–Crippen LogP) is 3.18. The standard InChI is InChI=1S/C21H21F3N2O3S/c1-15(2)19(26-30(28,29)18-11-4-3-5-12-18)20(27)25-13-7-9-16-8-6-10-17(14-16)21(22,23)24/h3-6,8,10-12,14-15,19,26H,13H2,1-2H3,(H,25,27)/t19-/m1/s1. The van der Waals surface area contributed by atoms with E-state index in [2.05, 4.69) is 21.9 Å². The number of carbonyl (C=O) groups is 1. The summed E-state index contributed by atoms with van der Waals surface area (Å²) in [6, 6.07) is 11.1. The third kappa shape index (κ3) is 6.61. The van der Waals surface area contributed by atoms with Crippen LogP contribution in [0.4, 0.5) is 13.2 Å². The van der Waals surface area contributed by atoms with E-state index in [0.29, 0.717) is 0 Å². The smallest absolute Gasteiger partial charge is 0.344 e. The van der Waals surface area contributed by atoms with Gasteiger partial charge in [0.2, 0.25) is 15.9 Å². The summed E-state index contributed by atoms with van der Waals surface area (Å²) in [6.07, 6.45) is -4.47. The largest absolute Gasteiger partial charge is 0.416 e. The van der Waals surface area contributed by atoms with Crippen LogP contribution in [-0.4, -0.2) is 26.9 Å². The van der Waals surface area contributed by atoms with Crippen molar-refractivity contribution < 1.29 is 26.4 Å². The number of alkyl halides is 3. The first-order chi connectivity index (χ1) is 14.0. The van der Waals surface area contributed by atoms with Crippen LogP contribution in [-0.2, 0) is 21.0 Å². The molecule has 1 amide bonds. The number of sulfonamides is 1. The van der Waals surface area contributed by atoms with Gasteiger partial charge in [0.15, 0.2) is 0 Å². The molecule has 1 atom stereocenters. The lowest BCUT2D eigenvalue weighted by molar-refractivity contribution is -0.137. The van der Waals surface area contributed by atoms with Crippen LogP contribution in [0.3, 0.4) is 0 Å². The summed E-state index contributed by atoms with van der Waals surface area (Å²) in [5, 5.41) is 2.49. The zero-order valence-electron chi connectivity index (χ0n) is 16.3. The van der Waals surface area contributed by atoms with E-state index in [1.165, 1.54) is 24.3 Å². The third-order valence-corrected chi connectivity index (χ3v) is 5.52. The molecule has 0 saturated carbocycles. The van der Waals surface area contributed by atoms with Gasteiger partial charge in [-0.25, -0.2) is 8.42 Å². The van der Waals surface area contributed by atoms with E-state index in [1.54, 1.807) is 32.0 Å². The van der Waals surface area contributed by atoms with E-state index in [4.69, 9.17) is 0 Å². The fourth-order valence-electron chi connectivity index (χ4n) is 2.49. The summed E-state index contributed by atoms with van der Waals surface area (Å²) >= 11 is 0. The van der Waals surface area contributed by atoms with Crippen LogP contribution in [0.1, 0.15) is 25.0 Å². The summed E-state index contributed by atoms with van der Waals surface area (Å²) in [6.45, 7) is 3.23. The van der Waals surface area contributed by atoms with Crippen molar-refractivity contribution in [1.82, 2.24) is 10.0 Å². The van der Waals surface area contributed by atoms with Gasteiger partial charge in [-0.15, -0.1) is 0 Å². The van der Waals surface area contributed by atoms with Gasteiger partial charge in [-0.3, -0.25) is 4.79 Å². The molecular formula is C21H21F3N2O3S. The van der Waals surface area contributed by atoms with Crippen molar-refractivity contribution in [2.24, 2.45) is 5.92 Å². The molecule has 0 aliphatic heterocycles. The lowest BCUT2D eigenvalue weighted by Crippen LogP contribution is -2.49. The molecule has 5 nitrogen and oxygen atoms in total. The van der Waals surface area contributed by atoms with Gasteiger partial charge in [0, 0.05) is 5.56 Å². The average molecular weight is 438 g/mol. The molecule has 2 rings (SSSR count). The molecular weight excluding hydrogens is 417 g/mol. The van der Waals surface area contributed by atoms with Crippen molar-refractivity contribution in [1.29, 1.82) is 0 Å². The van der Waals surface area contributed by atoms with Crippen molar-refractivity contribution in [3.63, 3.8) is 0 Å². The Bertz CT molecular complexity index is 1040. The summed E-state index contributed by atoms with van der Waals surface area (Å²) in [4.78, 5) is 12.5. The second-order valence-corrected chi connectivity index (χ2v) is 8.47. The monoisotopic (exact) mass is 438 g/mol. The van der Waals surface area contributed by atoms with E-state index in [1.807, 2.05) is 0 Å². The number of amides is 1. The Morgan fingerprint density at radius 2 is 1.73 bits per heavy atom. The van der Waals surface area contributed by atoms with Crippen molar-refractivity contribution in [3.05, 3.63) is 65.7 Å². The Hall–Kier alpha value is -2.83. The van der Waals surface area contributed by atoms with E-state index in [9.17, 15) is 26.4 Å². The highest BCUT2D eigenvalue weighted by Crippen LogP contribution is 2.29. The molecule has 0 heterocycles. The molecule has 30 heavy (non-hydrogen) atoms. The van der Waals surface area contributed by atoms with Gasteiger partial charge in [-0.05, 0) is 36.2 Å². The van der Waals surface area contributed by atoms with Crippen LogP contribution >= 0.6 is 0 Å². The van der Waals surface area contributed by atoms with E-state index in [0.717, 1.165) is 12.1 Å². The SMILES string of the molecule is CC(C)[C@@H](NS(=O)(=O)c1ccccc1)C(=O)NCC#Cc1cccc(C(F)(F)F)c1. The second-order valence-electron chi connectivity index (χ2n) is 6.75. The second kappa shape index (κ2) is 9.78. The van der Waals surface area contributed by atoms with Crippen LogP contribution in [0.15, 0.2) is 59.5 Å². The van der Waals surface area contributed by atoms with Crippen molar-refractivity contribution in [2.75, 3.05) is 6.54 Å². The van der Waals surface area contributed by atoms with Crippen LogP contribution in [0.5, 0.6) is 0 Å². The minimum Gasteiger partial charge on any atom is -0.344 e. The Kier molecular flexibility index (Phi) is 7.65. The molecule has 0 saturated heterocycles. The van der Waals surface area contributed by atoms with Crippen LogP contribution < -0.4 is 10.0 Å². The number of nitrogens with one attached hydrogen (secondary N) is 2. The van der Waals surface area contributed by atoms with Gasteiger partial charge < -0.3 is 5.32 Å². The molecule has 0 aromatic heterocycles. The van der Waals surface area contributed by atoms with Crippen molar-refractivity contribution >= 4 is 15.9 Å². The molecule has 0 radical (unpaired) electrons. The first-order valence-electron chi connectivity index (χ1n) is 9.02. The van der Waals surface area contributed by atoms with Gasteiger partial charge in [-0.2, -0.15) is 17.9 Å². The summed E-state index contributed by atoms with van der Waals surface area (Å²) in [5.41, 5.74) is -0.655. The first-order valence-corrected chi connectivity index (χ1v) is 10.5. The number of benzene rings is 2. The Morgan fingerprint density at radius 3 is 2.33 bits per heavy atom. The number of halogens is 3. The Labute approximate surface area is 173 Å². The molecule has 9 heteroatoms. The highest BCUT2D eigenvalue weighted by atomic mass is 32.2. The summed E-state index contributed by atoms with van der Waals surface area (Å²) < 4.78 is 65.5. The van der Waals surface area contributed by atoms with Gasteiger partial charge in [-0.1, -0.05) is 50.0 Å². The number of rotatable bonds is 6. The first kappa shape index (κ1) is 23.4.